The van der Waals surface area contributed by atoms with Crippen molar-refractivity contribution in [1.29, 1.82) is 0 Å². The summed E-state index contributed by atoms with van der Waals surface area (Å²) in [6.07, 6.45) is 18.1. The van der Waals surface area contributed by atoms with Crippen molar-refractivity contribution in [2.45, 2.75) is 64.2 Å². The van der Waals surface area contributed by atoms with Gasteiger partial charge in [-0.15, -0.1) is 0 Å². The van der Waals surface area contributed by atoms with Gasteiger partial charge in [-0.05, 0) is 37.0 Å². The molecule has 2 aromatic rings. The highest BCUT2D eigenvalue weighted by Gasteiger charge is 1.94. The molecule has 0 atom stereocenters. The molecule has 0 unspecified atom stereocenters. The Morgan fingerprint density at radius 3 is 1.77 bits per heavy atom. The van der Waals surface area contributed by atoms with Gasteiger partial charge in [0.2, 0.25) is 0 Å². The predicted molar refractivity (Wildman–Crippen MR) is 117 cm³/mol. The summed E-state index contributed by atoms with van der Waals surface area (Å²) >= 11 is 0. The van der Waals surface area contributed by atoms with Crippen LogP contribution in [0.5, 0.6) is 0 Å². The van der Waals surface area contributed by atoms with Crippen LogP contribution in [0.15, 0.2) is 66.7 Å². The summed E-state index contributed by atoms with van der Waals surface area (Å²) in [6.45, 7) is 1.10. The highest BCUT2D eigenvalue weighted by atomic mass is 14.9. The van der Waals surface area contributed by atoms with E-state index in [4.69, 9.17) is 0 Å². The lowest BCUT2D eigenvalue weighted by Gasteiger charge is -2.06. The average molecular weight is 350 g/mol. The Bertz CT molecular complexity index is 574. The molecule has 0 fully saturated rings. The molecule has 1 heteroatoms. The number of benzene rings is 2. The fraction of sp³-hybridized carbons (Fsp3) is 0.440. The van der Waals surface area contributed by atoms with Crippen molar-refractivity contribution < 1.29 is 0 Å². The van der Waals surface area contributed by atoms with Crippen LogP contribution < -0.4 is 5.32 Å². The lowest BCUT2D eigenvalue weighted by Crippen LogP contribution is -2.00. The summed E-state index contributed by atoms with van der Waals surface area (Å²) in [4.78, 5) is 0. The van der Waals surface area contributed by atoms with Crippen molar-refractivity contribution in [3.05, 3.63) is 72.3 Å². The summed E-state index contributed by atoms with van der Waals surface area (Å²) in [6, 6.07) is 21.1. The van der Waals surface area contributed by atoms with Gasteiger partial charge in [-0.25, -0.2) is 0 Å². The van der Waals surface area contributed by atoms with E-state index in [2.05, 4.69) is 78.1 Å². The Balaban J connectivity index is 1.31. The molecule has 0 bridgehead atoms. The topological polar surface area (TPSA) is 12.0 Å². The number of hydrogen-bond donors (Lipinski definition) is 1. The summed E-state index contributed by atoms with van der Waals surface area (Å²) in [7, 11) is 0. The van der Waals surface area contributed by atoms with Crippen LogP contribution in [-0.4, -0.2) is 6.54 Å². The molecule has 140 valence electrons. The van der Waals surface area contributed by atoms with Gasteiger partial charge in [0.1, 0.15) is 0 Å². The summed E-state index contributed by atoms with van der Waals surface area (Å²) in [5.74, 6) is 0. The van der Waals surface area contributed by atoms with Gasteiger partial charge in [-0.2, -0.15) is 0 Å². The third-order valence-electron chi connectivity index (χ3n) is 4.76. The van der Waals surface area contributed by atoms with Crippen LogP contribution >= 0.6 is 0 Å². The highest BCUT2D eigenvalue weighted by molar-refractivity contribution is 5.48. The smallest absolute Gasteiger partial charge is 0.0340 e. The SMILES string of the molecule is C(=Cc1ccccc1)CCCCCCCCCCCNc1ccccc1. The molecule has 0 saturated carbocycles. The number of para-hydroxylation sites is 1. The van der Waals surface area contributed by atoms with Crippen LogP contribution in [0.3, 0.4) is 0 Å². The Hall–Kier alpha value is -2.02. The number of unbranched alkanes of at least 4 members (excludes halogenated alkanes) is 9. The first-order valence-electron chi connectivity index (χ1n) is 10.5. The molecule has 0 amide bonds. The largest absolute Gasteiger partial charge is 0.385 e. The monoisotopic (exact) mass is 349 g/mol. The van der Waals surface area contributed by atoms with Crippen molar-refractivity contribution in [1.82, 2.24) is 0 Å². The molecule has 2 aromatic carbocycles. The van der Waals surface area contributed by atoms with E-state index in [1.807, 2.05) is 0 Å². The minimum Gasteiger partial charge on any atom is -0.385 e. The first-order chi connectivity index (χ1) is 12.9. The second kappa shape index (κ2) is 14.2. The molecular weight excluding hydrogens is 314 g/mol. The van der Waals surface area contributed by atoms with E-state index < -0.39 is 0 Å². The summed E-state index contributed by atoms with van der Waals surface area (Å²) < 4.78 is 0. The minimum absolute atomic E-state index is 1.10. The maximum absolute atomic E-state index is 3.49. The minimum atomic E-state index is 1.10. The molecule has 0 saturated heterocycles. The predicted octanol–water partition coefficient (Wildman–Crippen LogP) is 7.71. The first-order valence-corrected chi connectivity index (χ1v) is 10.5. The van der Waals surface area contributed by atoms with Gasteiger partial charge in [-0.1, -0.05) is 106 Å². The van der Waals surface area contributed by atoms with E-state index >= 15 is 0 Å². The fourth-order valence-electron chi connectivity index (χ4n) is 3.20. The first kappa shape index (κ1) is 20.3. The number of nitrogens with one attached hydrogen (secondary N) is 1. The Morgan fingerprint density at radius 1 is 0.577 bits per heavy atom. The molecule has 0 aromatic heterocycles. The number of hydrogen-bond acceptors (Lipinski definition) is 1. The molecule has 1 nitrogen and oxygen atoms in total. The van der Waals surface area contributed by atoms with E-state index in [-0.39, 0.29) is 0 Å². The lowest BCUT2D eigenvalue weighted by molar-refractivity contribution is 0.564. The summed E-state index contributed by atoms with van der Waals surface area (Å²) in [5.41, 5.74) is 2.55. The number of anilines is 1. The molecule has 0 radical (unpaired) electrons. The number of allylic oxidation sites excluding steroid dienone is 1. The van der Waals surface area contributed by atoms with Crippen molar-refractivity contribution >= 4 is 11.8 Å². The van der Waals surface area contributed by atoms with Gasteiger partial charge in [0, 0.05) is 12.2 Å². The molecule has 0 spiro atoms. The second-order valence-electron chi connectivity index (χ2n) is 7.08. The molecular formula is C25H35N. The van der Waals surface area contributed by atoms with Crippen LogP contribution in [0.2, 0.25) is 0 Å². The quantitative estimate of drug-likeness (QED) is 0.344. The molecule has 2 rings (SSSR count). The second-order valence-corrected chi connectivity index (χ2v) is 7.08. The molecule has 26 heavy (non-hydrogen) atoms. The zero-order valence-corrected chi connectivity index (χ0v) is 16.2. The van der Waals surface area contributed by atoms with Crippen molar-refractivity contribution in [3.63, 3.8) is 0 Å². The standard InChI is InChI=1S/C25H35N/c1(2-4-6-8-12-18-24-19-13-10-14-20-24)3-5-7-9-17-23-26-25-21-15-11-16-22-25/h10-16,18-22,26H,1-9,17,23H2. The Morgan fingerprint density at radius 2 is 1.12 bits per heavy atom. The van der Waals surface area contributed by atoms with Crippen molar-refractivity contribution in [2.24, 2.45) is 0 Å². The molecule has 0 aliphatic heterocycles. The van der Waals surface area contributed by atoms with Gasteiger partial charge in [-0.3, -0.25) is 0 Å². The van der Waals surface area contributed by atoms with Crippen LogP contribution in [0.25, 0.3) is 6.08 Å². The van der Waals surface area contributed by atoms with Gasteiger partial charge < -0.3 is 5.32 Å². The van der Waals surface area contributed by atoms with Gasteiger partial charge in [0.15, 0.2) is 0 Å². The van der Waals surface area contributed by atoms with Crippen molar-refractivity contribution in [3.8, 4) is 0 Å². The Labute approximate surface area is 160 Å². The van der Waals surface area contributed by atoms with Crippen molar-refractivity contribution in [2.75, 3.05) is 11.9 Å². The third-order valence-corrected chi connectivity index (χ3v) is 4.76. The maximum Gasteiger partial charge on any atom is 0.0340 e. The van der Waals surface area contributed by atoms with E-state index in [9.17, 15) is 0 Å². The van der Waals surface area contributed by atoms with Gasteiger partial charge in [0.05, 0.1) is 0 Å². The zero-order chi connectivity index (χ0) is 18.1. The van der Waals surface area contributed by atoms with Crippen LogP contribution in [0.1, 0.15) is 69.8 Å². The Kier molecular flexibility index (Phi) is 11.1. The molecule has 0 aliphatic rings. The normalized spacial score (nSPS) is 11.1. The average Bonchev–Trinajstić information content (AvgIpc) is 2.70. The van der Waals surface area contributed by atoms with Crippen LogP contribution in [0, 0.1) is 0 Å². The molecule has 0 heterocycles. The van der Waals surface area contributed by atoms with E-state index in [1.54, 1.807) is 0 Å². The number of rotatable bonds is 14. The maximum atomic E-state index is 3.49. The molecule has 0 aliphatic carbocycles. The van der Waals surface area contributed by atoms with E-state index in [1.165, 1.54) is 75.5 Å². The lowest BCUT2D eigenvalue weighted by atomic mass is 10.1. The van der Waals surface area contributed by atoms with Gasteiger partial charge in [0.25, 0.3) is 0 Å². The third kappa shape index (κ3) is 10.1. The zero-order valence-electron chi connectivity index (χ0n) is 16.2. The van der Waals surface area contributed by atoms with E-state index in [0.717, 1.165) is 6.54 Å². The van der Waals surface area contributed by atoms with Crippen LogP contribution in [-0.2, 0) is 0 Å². The fourth-order valence-corrected chi connectivity index (χ4v) is 3.20. The van der Waals surface area contributed by atoms with Gasteiger partial charge >= 0.3 is 0 Å². The summed E-state index contributed by atoms with van der Waals surface area (Å²) in [5, 5.41) is 3.49. The van der Waals surface area contributed by atoms with E-state index in [0.29, 0.717) is 0 Å². The molecule has 1 N–H and O–H groups in total. The van der Waals surface area contributed by atoms with Crippen LogP contribution in [0.4, 0.5) is 5.69 Å². The highest BCUT2D eigenvalue weighted by Crippen LogP contribution is 2.12.